The number of fused-ring (bicyclic) bond motifs is 2. The Hall–Kier alpha value is -2.28. The Bertz CT molecular complexity index is 785. The van der Waals surface area contributed by atoms with Crippen molar-refractivity contribution in [2.24, 2.45) is 10.8 Å². The van der Waals surface area contributed by atoms with Crippen LogP contribution in [0.2, 0.25) is 0 Å². The largest absolute Gasteiger partial charge is 0.373 e. The fourth-order valence-electron chi connectivity index (χ4n) is 5.11. The summed E-state index contributed by atoms with van der Waals surface area (Å²) < 4.78 is 0. The molecule has 1 amide bonds. The number of nitriles is 1. The van der Waals surface area contributed by atoms with Crippen LogP contribution in [0.3, 0.4) is 0 Å². The lowest BCUT2D eigenvalue weighted by molar-refractivity contribution is -0.112. The quantitative estimate of drug-likeness (QED) is 0.599. The number of nitrogens with one attached hydrogen (secondary N) is 1. The monoisotopic (exact) mass is 365 g/mol. The SMILES string of the molecule is CC(C)c1ccc(NC(=O)/C(C#N)=C\N2CC3(C)CC2CC(C)(C)C3)cc1. The number of benzene rings is 1. The highest BCUT2D eigenvalue weighted by Crippen LogP contribution is 2.52. The van der Waals surface area contributed by atoms with E-state index in [2.05, 4.69) is 50.9 Å². The molecule has 1 heterocycles. The first-order valence-corrected chi connectivity index (χ1v) is 9.90. The summed E-state index contributed by atoms with van der Waals surface area (Å²) in [4.78, 5) is 14.9. The van der Waals surface area contributed by atoms with Crippen LogP contribution >= 0.6 is 0 Å². The molecule has 2 fully saturated rings. The molecule has 1 N–H and O–H groups in total. The first-order chi connectivity index (χ1) is 12.6. The number of nitrogens with zero attached hydrogens (tertiary/aromatic N) is 2. The van der Waals surface area contributed by atoms with Gasteiger partial charge in [-0.25, -0.2) is 0 Å². The van der Waals surface area contributed by atoms with Crippen LogP contribution < -0.4 is 5.32 Å². The van der Waals surface area contributed by atoms with Crippen molar-refractivity contribution in [3.8, 4) is 6.07 Å². The molecule has 1 saturated carbocycles. The minimum Gasteiger partial charge on any atom is -0.373 e. The number of carbonyl (C=O) groups is 1. The molecule has 2 atom stereocenters. The van der Waals surface area contributed by atoms with Crippen LogP contribution in [-0.2, 0) is 4.79 Å². The molecule has 27 heavy (non-hydrogen) atoms. The van der Waals surface area contributed by atoms with E-state index >= 15 is 0 Å². The molecule has 4 nitrogen and oxygen atoms in total. The Labute approximate surface area is 163 Å². The lowest BCUT2D eigenvalue weighted by atomic mass is 9.65. The lowest BCUT2D eigenvalue weighted by Gasteiger charge is -2.39. The van der Waals surface area contributed by atoms with Crippen molar-refractivity contribution in [2.75, 3.05) is 11.9 Å². The maximum absolute atomic E-state index is 12.6. The fourth-order valence-corrected chi connectivity index (χ4v) is 5.11. The molecule has 2 unspecified atom stereocenters. The molecule has 1 aromatic carbocycles. The molecular formula is C23H31N3O. The molecule has 2 aliphatic rings. The second kappa shape index (κ2) is 7.03. The molecular weight excluding hydrogens is 334 g/mol. The number of likely N-dealkylation sites (tertiary alicyclic amines) is 1. The van der Waals surface area contributed by atoms with Crippen LogP contribution in [-0.4, -0.2) is 23.4 Å². The van der Waals surface area contributed by atoms with E-state index in [-0.39, 0.29) is 16.9 Å². The van der Waals surface area contributed by atoms with E-state index in [9.17, 15) is 10.1 Å². The average molecular weight is 366 g/mol. The van der Waals surface area contributed by atoms with Crippen LogP contribution in [0.1, 0.15) is 65.4 Å². The van der Waals surface area contributed by atoms with E-state index in [1.807, 2.05) is 24.3 Å². The van der Waals surface area contributed by atoms with Crippen molar-refractivity contribution in [3.05, 3.63) is 41.6 Å². The van der Waals surface area contributed by atoms with E-state index in [1.165, 1.54) is 12.0 Å². The van der Waals surface area contributed by atoms with Gasteiger partial charge in [0, 0.05) is 24.5 Å². The topological polar surface area (TPSA) is 56.1 Å². The summed E-state index contributed by atoms with van der Waals surface area (Å²) in [6, 6.07) is 10.3. The normalized spacial score (nSPS) is 26.8. The lowest BCUT2D eigenvalue weighted by Crippen LogP contribution is -2.33. The minimum absolute atomic E-state index is 0.178. The van der Waals surface area contributed by atoms with Crippen molar-refractivity contribution in [1.29, 1.82) is 5.26 Å². The number of anilines is 1. The summed E-state index contributed by atoms with van der Waals surface area (Å²) in [6.07, 6.45) is 5.23. The van der Waals surface area contributed by atoms with Crippen molar-refractivity contribution >= 4 is 11.6 Å². The van der Waals surface area contributed by atoms with Gasteiger partial charge in [-0.2, -0.15) is 5.26 Å². The van der Waals surface area contributed by atoms with E-state index in [1.54, 1.807) is 6.20 Å². The second-order valence-corrected chi connectivity index (χ2v) is 9.77. The highest BCUT2D eigenvalue weighted by atomic mass is 16.1. The Balaban J connectivity index is 1.73. The smallest absolute Gasteiger partial charge is 0.267 e. The third-order valence-electron chi connectivity index (χ3n) is 5.95. The van der Waals surface area contributed by atoms with Gasteiger partial charge in [0.25, 0.3) is 5.91 Å². The molecule has 0 aromatic heterocycles. The zero-order chi connectivity index (χ0) is 19.8. The number of hydrogen-bond donors (Lipinski definition) is 1. The van der Waals surface area contributed by atoms with Crippen molar-refractivity contribution in [1.82, 2.24) is 4.90 Å². The van der Waals surface area contributed by atoms with Gasteiger partial charge in [0.2, 0.25) is 0 Å². The first-order valence-electron chi connectivity index (χ1n) is 9.90. The number of hydrogen-bond acceptors (Lipinski definition) is 3. The summed E-state index contributed by atoms with van der Waals surface area (Å²) in [5, 5.41) is 12.4. The van der Waals surface area contributed by atoms with E-state index < -0.39 is 0 Å². The van der Waals surface area contributed by atoms with Crippen LogP contribution in [0.4, 0.5) is 5.69 Å². The van der Waals surface area contributed by atoms with Crippen LogP contribution in [0.5, 0.6) is 0 Å². The summed E-state index contributed by atoms with van der Waals surface area (Å²) in [5.74, 6) is 0.116. The molecule has 3 rings (SSSR count). The highest BCUT2D eigenvalue weighted by molar-refractivity contribution is 6.06. The molecule has 0 radical (unpaired) electrons. The minimum atomic E-state index is -0.333. The van der Waals surface area contributed by atoms with Gasteiger partial charge < -0.3 is 10.2 Å². The third kappa shape index (κ3) is 4.35. The van der Waals surface area contributed by atoms with Crippen molar-refractivity contribution in [3.63, 3.8) is 0 Å². The number of rotatable bonds is 4. The molecule has 0 spiro atoms. The number of amides is 1. The van der Waals surface area contributed by atoms with E-state index in [4.69, 9.17) is 0 Å². The predicted molar refractivity (Wildman–Crippen MR) is 109 cm³/mol. The predicted octanol–water partition coefficient (Wildman–Crippen LogP) is 5.06. The van der Waals surface area contributed by atoms with Gasteiger partial charge in [-0.3, -0.25) is 4.79 Å². The van der Waals surface area contributed by atoms with Gasteiger partial charge in [0.15, 0.2) is 0 Å². The van der Waals surface area contributed by atoms with Crippen LogP contribution in [0.25, 0.3) is 0 Å². The fraction of sp³-hybridized carbons (Fsp3) is 0.565. The summed E-state index contributed by atoms with van der Waals surface area (Å²) in [5.41, 5.74) is 2.71. The highest BCUT2D eigenvalue weighted by Gasteiger charge is 2.48. The Morgan fingerprint density at radius 3 is 2.52 bits per heavy atom. The molecule has 2 bridgehead atoms. The van der Waals surface area contributed by atoms with Crippen molar-refractivity contribution < 1.29 is 4.79 Å². The molecule has 1 aromatic rings. The zero-order valence-corrected chi connectivity index (χ0v) is 17.2. The number of carbonyl (C=O) groups excluding carboxylic acids is 1. The summed E-state index contributed by atoms with van der Waals surface area (Å²) in [6.45, 7) is 12.2. The molecule has 1 aliphatic carbocycles. The van der Waals surface area contributed by atoms with Gasteiger partial charge in [-0.05, 0) is 53.7 Å². The molecule has 144 valence electrons. The van der Waals surface area contributed by atoms with Crippen LogP contribution in [0.15, 0.2) is 36.0 Å². The molecule has 1 saturated heterocycles. The molecule has 4 heteroatoms. The molecule has 1 aliphatic heterocycles. The Morgan fingerprint density at radius 2 is 1.93 bits per heavy atom. The first kappa shape index (κ1) is 19.5. The second-order valence-electron chi connectivity index (χ2n) is 9.77. The Morgan fingerprint density at radius 1 is 1.26 bits per heavy atom. The maximum atomic E-state index is 12.6. The summed E-state index contributed by atoms with van der Waals surface area (Å²) >= 11 is 0. The van der Waals surface area contributed by atoms with Gasteiger partial charge >= 0.3 is 0 Å². The van der Waals surface area contributed by atoms with Crippen molar-refractivity contribution in [2.45, 2.75) is 65.8 Å². The zero-order valence-electron chi connectivity index (χ0n) is 17.2. The maximum Gasteiger partial charge on any atom is 0.267 e. The van der Waals surface area contributed by atoms with Gasteiger partial charge in [-0.1, -0.05) is 46.8 Å². The Kier molecular flexibility index (Phi) is 5.08. The van der Waals surface area contributed by atoms with E-state index in [0.29, 0.717) is 17.4 Å². The average Bonchev–Trinajstić information content (AvgIpc) is 2.81. The standard InChI is InChI=1S/C23H31N3O/c1-16(2)17-6-8-19(9-7-17)25-21(27)18(12-24)13-26-15-23(5)11-20(26)10-22(3,4)14-23/h6-9,13,16,20H,10-11,14-15H2,1-5H3,(H,25,27)/b18-13-. The third-order valence-corrected chi connectivity index (χ3v) is 5.95. The van der Waals surface area contributed by atoms with Gasteiger partial charge in [0.1, 0.15) is 11.6 Å². The summed E-state index contributed by atoms with van der Waals surface area (Å²) in [7, 11) is 0. The van der Waals surface area contributed by atoms with Gasteiger partial charge in [-0.15, -0.1) is 0 Å². The van der Waals surface area contributed by atoms with Crippen LogP contribution in [0, 0.1) is 22.2 Å². The van der Waals surface area contributed by atoms with Gasteiger partial charge in [0.05, 0.1) is 0 Å². The van der Waals surface area contributed by atoms with E-state index in [0.717, 1.165) is 25.1 Å².